The lowest BCUT2D eigenvalue weighted by Gasteiger charge is -2.04. The third-order valence-electron chi connectivity index (χ3n) is 1.39. The third kappa shape index (κ3) is 3.58. The van der Waals surface area contributed by atoms with E-state index in [-0.39, 0.29) is 0 Å². The minimum absolute atomic E-state index is 0.628. The smallest absolute Gasteiger partial charge is 0.225 e. The van der Waals surface area contributed by atoms with Crippen LogP contribution in [0.15, 0.2) is 24.5 Å². The summed E-state index contributed by atoms with van der Waals surface area (Å²) in [6.45, 7) is 0. The Morgan fingerprint density at radius 1 is 1.36 bits per heavy atom. The summed E-state index contributed by atoms with van der Waals surface area (Å²) in [7, 11) is -1.71. The van der Waals surface area contributed by atoms with E-state index in [2.05, 4.69) is 10.3 Å². The van der Waals surface area contributed by atoms with Gasteiger partial charge in [-0.1, -0.05) is 0 Å². The fourth-order valence-corrected chi connectivity index (χ4v) is 1.07. The summed E-state index contributed by atoms with van der Waals surface area (Å²) >= 11 is 0. The zero-order valence-corrected chi connectivity index (χ0v) is 8.71. The van der Waals surface area contributed by atoms with Crippen LogP contribution in [-0.4, -0.2) is 21.8 Å². The van der Waals surface area contributed by atoms with Crippen molar-refractivity contribution in [3.63, 3.8) is 0 Å². The van der Waals surface area contributed by atoms with E-state index in [1.807, 2.05) is 0 Å². The number of nitrogens with one attached hydrogen (secondary N) is 2. The van der Waals surface area contributed by atoms with E-state index in [1.165, 1.54) is 11.8 Å². The van der Waals surface area contributed by atoms with E-state index >= 15 is 0 Å². The van der Waals surface area contributed by atoms with Crippen LogP contribution in [0.3, 0.4) is 0 Å². The first-order valence-corrected chi connectivity index (χ1v) is 5.69. The quantitative estimate of drug-likeness (QED) is 0.497. The molecule has 0 unspecified atom stereocenters. The van der Waals surface area contributed by atoms with Crippen LogP contribution in [0, 0.1) is 0 Å². The van der Waals surface area contributed by atoms with Crippen molar-refractivity contribution in [3.8, 4) is 0 Å². The normalized spacial score (nSPS) is 11.0. The van der Waals surface area contributed by atoms with Gasteiger partial charge in [-0.25, -0.2) is 8.42 Å². The van der Waals surface area contributed by atoms with Gasteiger partial charge in [0.25, 0.3) is 0 Å². The lowest BCUT2D eigenvalue weighted by atomic mass is 10.4. The molecule has 0 radical (unpaired) electrons. The maximum Gasteiger partial charge on any atom is 0.225 e. The van der Waals surface area contributed by atoms with Gasteiger partial charge in [0.05, 0.1) is 11.9 Å². The van der Waals surface area contributed by atoms with Crippen molar-refractivity contribution in [2.45, 2.75) is 0 Å². The van der Waals surface area contributed by atoms with Gasteiger partial charge in [0.1, 0.15) is 7.11 Å². The van der Waals surface area contributed by atoms with Gasteiger partial charge in [0.15, 0.2) is 0 Å². The third-order valence-corrected chi connectivity index (χ3v) is 1.87. The maximum atomic E-state index is 10.7. The average Bonchev–Trinajstić information content (AvgIpc) is 2.14. The molecule has 6 nitrogen and oxygen atoms in total. The number of nitrogens with zero attached hydrogens (tertiary/aromatic N) is 1. The molecular formula is C7H12N3O3S+. The predicted octanol–water partition coefficient (Wildman–Crippen LogP) is -1.09. The molecule has 0 fully saturated rings. The van der Waals surface area contributed by atoms with Crippen LogP contribution in [0.4, 0.5) is 5.69 Å². The Morgan fingerprint density at radius 3 is 2.36 bits per heavy atom. The van der Waals surface area contributed by atoms with Crippen LogP contribution in [0.1, 0.15) is 0 Å². The molecule has 1 aromatic heterocycles. The van der Waals surface area contributed by atoms with Gasteiger partial charge >= 0.3 is 0 Å². The Hall–Kier alpha value is -1.34. The summed E-state index contributed by atoms with van der Waals surface area (Å²) in [5, 5.41) is 0. The number of rotatable bonds is 4. The van der Waals surface area contributed by atoms with Crippen molar-refractivity contribution in [2.75, 3.05) is 18.8 Å². The molecule has 0 saturated carbocycles. The molecule has 0 aliphatic rings. The highest BCUT2D eigenvalue weighted by atomic mass is 32.2. The first kappa shape index (κ1) is 10.7. The molecule has 0 aliphatic heterocycles. The van der Waals surface area contributed by atoms with Crippen LogP contribution >= 0.6 is 0 Å². The second-order valence-corrected chi connectivity index (χ2v) is 4.38. The molecule has 0 saturated heterocycles. The number of sulfonamides is 1. The number of hydrazine groups is 1. The number of aromatic nitrogens is 1. The summed E-state index contributed by atoms with van der Waals surface area (Å²) in [4.78, 5) is 7.01. The minimum Gasteiger partial charge on any atom is -0.308 e. The highest BCUT2D eigenvalue weighted by Crippen LogP contribution is 1.99. The number of hydrogen-bond donors (Lipinski definition) is 2. The molecule has 0 aliphatic carbocycles. The Balaban J connectivity index is 2.61. The predicted molar refractivity (Wildman–Crippen MR) is 50.7 cm³/mol. The largest absolute Gasteiger partial charge is 0.308 e. The summed E-state index contributed by atoms with van der Waals surface area (Å²) in [6, 6.07) is 3.34. The molecular weight excluding hydrogens is 206 g/mol. The van der Waals surface area contributed by atoms with Gasteiger partial charge in [-0.05, 0) is 0 Å². The summed E-state index contributed by atoms with van der Waals surface area (Å²) in [5.74, 6) is 0. The van der Waals surface area contributed by atoms with Gasteiger partial charge in [0, 0.05) is 16.9 Å². The molecule has 0 aromatic carbocycles. The van der Waals surface area contributed by atoms with Gasteiger partial charge in [-0.15, -0.1) is 4.83 Å². The topological polar surface area (TPSA) is 71.3 Å². The van der Waals surface area contributed by atoms with Crippen molar-refractivity contribution < 1.29 is 18.0 Å². The highest BCUT2D eigenvalue weighted by Gasteiger charge is 2.01. The van der Waals surface area contributed by atoms with Crippen molar-refractivity contribution in [1.82, 2.24) is 4.83 Å². The second-order valence-electron chi connectivity index (χ2n) is 2.63. The zero-order valence-electron chi connectivity index (χ0n) is 7.89. The Bertz CT molecular complexity index is 387. The monoisotopic (exact) mass is 218 g/mol. The first-order valence-electron chi connectivity index (χ1n) is 3.80. The number of anilines is 1. The van der Waals surface area contributed by atoms with E-state index in [4.69, 9.17) is 4.84 Å². The maximum absolute atomic E-state index is 10.7. The Kier molecular flexibility index (Phi) is 3.26. The molecule has 2 N–H and O–H groups in total. The zero-order chi connectivity index (χ0) is 10.6. The summed E-state index contributed by atoms with van der Waals surface area (Å²) < 4.78 is 22.9. The van der Waals surface area contributed by atoms with E-state index in [9.17, 15) is 8.42 Å². The van der Waals surface area contributed by atoms with E-state index in [0.717, 1.165) is 6.26 Å². The van der Waals surface area contributed by atoms with Crippen molar-refractivity contribution in [1.29, 1.82) is 0 Å². The van der Waals surface area contributed by atoms with Crippen LogP contribution in [0.5, 0.6) is 0 Å². The van der Waals surface area contributed by atoms with Crippen molar-refractivity contribution in [3.05, 3.63) is 24.5 Å². The van der Waals surface area contributed by atoms with Crippen LogP contribution in [0.2, 0.25) is 0 Å². The molecule has 0 spiro atoms. The lowest BCUT2D eigenvalue weighted by molar-refractivity contribution is -0.885. The fraction of sp³-hybridized carbons (Fsp3) is 0.286. The standard InChI is InChI=1S/C7H11N3O3S/c1-13-10-5-3-7(4-6-10)8-9-14(2,11)12/h3-6,9H,1-2H3/p+1. The number of pyridine rings is 1. The minimum atomic E-state index is -3.24. The molecule has 1 aromatic rings. The van der Waals surface area contributed by atoms with Crippen molar-refractivity contribution in [2.24, 2.45) is 0 Å². The molecule has 0 atom stereocenters. The second kappa shape index (κ2) is 4.25. The Morgan fingerprint density at radius 2 is 1.93 bits per heavy atom. The fourth-order valence-electron chi connectivity index (χ4n) is 0.769. The highest BCUT2D eigenvalue weighted by molar-refractivity contribution is 7.88. The molecule has 7 heteroatoms. The van der Waals surface area contributed by atoms with E-state index < -0.39 is 10.0 Å². The summed E-state index contributed by atoms with van der Waals surface area (Å²) in [5.41, 5.74) is 3.16. The van der Waals surface area contributed by atoms with Crippen LogP contribution in [0.25, 0.3) is 0 Å². The van der Waals surface area contributed by atoms with E-state index in [1.54, 1.807) is 24.5 Å². The van der Waals surface area contributed by atoms with Gasteiger partial charge < -0.3 is 5.43 Å². The van der Waals surface area contributed by atoms with Crippen LogP contribution in [-0.2, 0) is 10.0 Å². The van der Waals surface area contributed by atoms with Gasteiger partial charge in [-0.2, -0.15) is 0 Å². The SMILES string of the molecule is CO[n+]1ccc(NNS(C)(=O)=O)cc1. The molecule has 14 heavy (non-hydrogen) atoms. The molecule has 0 amide bonds. The van der Waals surface area contributed by atoms with Crippen molar-refractivity contribution >= 4 is 15.7 Å². The molecule has 78 valence electrons. The molecule has 1 heterocycles. The van der Waals surface area contributed by atoms with Crippen LogP contribution < -0.4 is 19.8 Å². The lowest BCUT2D eigenvalue weighted by Crippen LogP contribution is -2.39. The summed E-state index contributed by atoms with van der Waals surface area (Å²) in [6.07, 6.45) is 4.36. The van der Waals surface area contributed by atoms with Gasteiger partial charge in [0.2, 0.25) is 22.4 Å². The number of hydrogen-bond acceptors (Lipinski definition) is 4. The Labute approximate surface area is 82.5 Å². The average molecular weight is 218 g/mol. The molecule has 0 bridgehead atoms. The van der Waals surface area contributed by atoms with E-state index in [0.29, 0.717) is 5.69 Å². The van der Waals surface area contributed by atoms with Gasteiger partial charge in [-0.3, -0.25) is 4.84 Å². The molecule has 1 rings (SSSR count). The first-order chi connectivity index (χ1) is 6.51.